The minimum atomic E-state index is 0.217. The first-order chi connectivity index (χ1) is 8.33. The zero-order valence-corrected chi connectivity index (χ0v) is 10.3. The van der Waals surface area contributed by atoms with Crippen LogP contribution in [0.1, 0.15) is 19.3 Å². The second-order valence-electron chi connectivity index (χ2n) is 4.62. The maximum atomic E-state index is 9.34. The molecule has 17 heavy (non-hydrogen) atoms. The number of aliphatic hydroxyl groups excluding tert-OH is 1. The van der Waals surface area contributed by atoms with Crippen molar-refractivity contribution in [2.75, 3.05) is 20.3 Å². The minimum absolute atomic E-state index is 0.217. The second-order valence-corrected chi connectivity index (χ2v) is 4.62. The normalized spacial score (nSPS) is 17.3. The van der Waals surface area contributed by atoms with Gasteiger partial charge in [-0.15, -0.1) is 0 Å². The fourth-order valence-electron chi connectivity index (χ4n) is 2.14. The summed E-state index contributed by atoms with van der Waals surface area (Å²) in [7, 11) is 1.64. The van der Waals surface area contributed by atoms with Gasteiger partial charge in [-0.25, -0.2) is 0 Å². The highest BCUT2D eigenvalue weighted by molar-refractivity contribution is 5.32. The van der Waals surface area contributed by atoms with E-state index < -0.39 is 0 Å². The number of methoxy groups -OCH3 is 1. The molecule has 1 unspecified atom stereocenters. The van der Waals surface area contributed by atoms with Crippen LogP contribution in [0.25, 0.3) is 0 Å². The highest BCUT2D eigenvalue weighted by Crippen LogP contribution is 2.33. The van der Waals surface area contributed by atoms with E-state index in [0.717, 1.165) is 11.5 Å². The number of hydrogen-bond donors (Lipinski definition) is 1. The molecule has 1 aliphatic rings. The van der Waals surface area contributed by atoms with E-state index in [1.54, 1.807) is 7.11 Å². The topological polar surface area (TPSA) is 38.7 Å². The molecule has 0 aliphatic heterocycles. The Labute approximate surface area is 102 Å². The molecule has 3 heteroatoms. The molecular weight excluding hydrogens is 216 g/mol. The molecule has 0 bridgehead atoms. The van der Waals surface area contributed by atoms with Crippen molar-refractivity contribution in [3.8, 4) is 11.5 Å². The van der Waals surface area contributed by atoms with Crippen molar-refractivity contribution in [1.29, 1.82) is 0 Å². The molecule has 3 nitrogen and oxygen atoms in total. The summed E-state index contributed by atoms with van der Waals surface area (Å²) in [6.07, 6.45) is 3.75. The Morgan fingerprint density at radius 3 is 2.71 bits per heavy atom. The summed E-state index contributed by atoms with van der Waals surface area (Å²) in [6, 6.07) is 7.58. The van der Waals surface area contributed by atoms with Crippen LogP contribution in [0.2, 0.25) is 0 Å². The predicted molar refractivity (Wildman–Crippen MR) is 66.4 cm³/mol. The zero-order chi connectivity index (χ0) is 12.1. The number of rotatable bonds is 6. The Bertz CT molecular complexity index is 347. The first-order valence-corrected chi connectivity index (χ1v) is 6.21. The van der Waals surface area contributed by atoms with E-state index in [0.29, 0.717) is 12.5 Å². The van der Waals surface area contributed by atoms with Gasteiger partial charge in [-0.2, -0.15) is 0 Å². The van der Waals surface area contributed by atoms with Crippen LogP contribution < -0.4 is 9.47 Å². The number of benzene rings is 1. The van der Waals surface area contributed by atoms with Crippen LogP contribution in [0, 0.1) is 11.8 Å². The van der Waals surface area contributed by atoms with Gasteiger partial charge in [0.1, 0.15) is 11.5 Å². The van der Waals surface area contributed by atoms with Crippen molar-refractivity contribution >= 4 is 0 Å². The van der Waals surface area contributed by atoms with Gasteiger partial charge in [0, 0.05) is 18.6 Å². The lowest BCUT2D eigenvalue weighted by Crippen LogP contribution is -2.29. The molecule has 0 amide bonds. The van der Waals surface area contributed by atoms with E-state index in [-0.39, 0.29) is 12.5 Å². The van der Waals surface area contributed by atoms with Gasteiger partial charge in [0.15, 0.2) is 0 Å². The minimum Gasteiger partial charge on any atom is -0.497 e. The molecule has 1 aliphatic carbocycles. The van der Waals surface area contributed by atoms with Crippen LogP contribution in [0.15, 0.2) is 24.3 Å². The van der Waals surface area contributed by atoms with Crippen LogP contribution >= 0.6 is 0 Å². The van der Waals surface area contributed by atoms with Gasteiger partial charge in [-0.1, -0.05) is 12.5 Å². The van der Waals surface area contributed by atoms with Crippen molar-refractivity contribution < 1.29 is 14.6 Å². The van der Waals surface area contributed by atoms with Gasteiger partial charge in [0.2, 0.25) is 0 Å². The van der Waals surface area contributed by atoms with Crippen molar-refractivity contribution in [1.82, 2.24) is 0 Å². The van der Waals surface area contributed by atoms with E-state index in [1.165, 1.54) is 19.3 Å². The van der Waals surface area contributed by atoms with Crippen molar-refractivity contribution in [2.24, 2.45) is 11.8 Å². The predicted octanol–water partition coefficient (Wildman–Crippen LogP) is 2.48. The van der Waals surface area contributed by atoms with E-state index in [9.17, 15) is 5.11 Å². The van der Waals surface area contributed by atoms with Crippen molar-refractivity contribution in [3.63, 3.8) is 0 Å². The lowest BCUT2D eigenvalue weighted by molar-refractivity contribution is 0.0795. The van der Waals surface area contributed by atoms with Gasteiger partial charge in [-0.05, 0) is 30.9 Å². The Kier molecular flexibility index (Phi) is 4.26. The molecule has 94 valence electrons. The van der Waals surface area contributed by atoms with E-state index >= 15 is 0 Å². The number of aliphatic hydroxyl groups is 1. The maximum absolute atomic E-state index is 9.34. The van der Waals surface area contributed by atoms with Crippen LogP contribution in [0.5, 0.6) is 11.5 Å². The van der Waals surface area contributed by atoms with E-state index in [4.69, 9.17) is 9.47 Å². The third-order valence-electron chi connectivity index (χ3n) is 3.56. The third-order valence-corrected chi connectivity index (χ3v) is 3.56. The van der Waals surface area contributed by atoms with E-state index in [2.05, 4.69) is 0 Å². The van der Waals surface area contributed by atoms with Gasteiger partial charge < -0.3 is 14.6 Å². The molecule has 0 spiro atoms. The van der Waals surface area contributed by atoms with Crippen molar-refractivity contribution in [3.05, 3.63) is 24.3 Å². The first-order valence-electron chi connectivity index (χ1n) is 6.21. The Morgan fingerprint density at radius 1 is 1.35 bits per heavy atom. The third kappa shape index (κ3) is 3.13. The van der Waals surface area contributed by atoms with E-state index in [1.807, 2.05) is 24.3 Å². The highest BCUT2D eigenvalue weighted by atomic mass is 16.5. The quantitative estimate of drug-likeness (QED) is 0.824. The Balaban J connectivity index is 1.86. The summed E-state index contributed by atoms with van der Waals surface area (Å²) in [6.45, 7) is 0.809. The summed E-state index contributed by atoms with van der Waals surface area (Å²) in [5.41, 5.74) is 0. The summed E-state index contributed by atoms with van der Waals surface area (Å²) in [5.74, 6) is 2.52. The van der Waals surface area contributed by atoms with Gasteiger partial charge in [-0.3, -0.25) is 0 Å². The molecule has 1 aromatic carbocycles. The fraction of sp³-hybridized carbons (Fsp3) is 0.571. The van der Waals surface area contributed by atoms with Crippen molar-refractivity contribution in [2.45, 2.75) is 19.3 Å². The number of ether oxygens (including phenoxy) is 2. The molecule has 0 aromatic heterocycles. The lowest BCUT2D eigenvalue weighted by atomic mass is 9.76. The van der Waals surface area contributed by atoms with Crippen LogP contribution in [-0.4, -0.2) is 25.4 Å². The summed E-state index contributed by atoms with van der Waals surface area (Å²) >= 11 is 0. The summed E-state index contributed by atoms with van der Waals surface area (Å²) in [5, 5.41) is 9.34. The molecule has 1 aromatic rings. The molecule has 2 rings (SSSR count). The van der Waals surface area contributed by atoms with Gasteiger partial charge in [0.05, 0.1) is 13.7 Å². The van der Waals surface area contributed by atoms with Gasteiger partial charge in [0.25, 0.3) is 0 Å². The van der Waals surface area contributed by atoms with Crippen LogP contribution in [-0.2, 0) is 0 Å². The monoisotopic (exact) mass is 236 g/mol. The smallest absolute Gasteiger partial charge is 0.123 e. The Hall–Kier alpha value is -1.22. The number of hydrogen-bond acceptors (Lipinski definition) is 3. The SMILES string of the molecule is COc1cccc(OCC(CO)C2CCC2)c1. The molecule has 0 heterocycles. The average molecular weight is 236 g/mol. The Morgan fingerprint density at radius 2 is 2.12 bits per heavy atom. The van der Waals surface area contributed by atoms with Crippen LogP contribution in [0.3, 0.4) is 0 Å². The summed E-state index contributed by atoms with van der Waals surface area (Å²) < 4.78 is 10.9. The molecule has 1 saturated carbocycles. The lowest BCUT2D eigenvalue weighted by Gasteiger charge is -2.32. The highest BCUT2D eigenvalue weighted by Gasteiger charge is 2.27. The molecular formula is C14H20O3. The molecule has 1 N–H and O–H groups in total. The molecule has 1 atom stereocenters. The fourth-order valence-corrected chi connectivity index (χ4v) is 2.14. The van der Waals surface area contributed by atoms with Gasteiger partial charge >= 0.3 is 0 Å². The molecule has 0 radical (unpaired) electrons. The zero-order valence-electron chi connectivity index (χ0n) is 10.3. The molecule has 1 fully saturated rings. The molecule has 0 saturated heterocycles. The average Bonchev–Trinajstić information content (AvgIpc) is 2.32. The first kappa shape index (κ1) is 12.2. The van der Waals surface area contributed by atoms with Crippen LogP contribution in [0.4, 0.5) is 0 Å². The maximum Gasteiger partial charge on any atom is 0.123 e. The largest absolute Gasteiger partial charge is 0.497 e. The summed E-state index contributed by atoms with van der Waals surface area (Å²) in [4.78, 5) is 0. The second kappa shape index (κ2) is 5.92. The standard InChI is InChI=1S/C14H20O3/c1-16-13-6-3-7-14(8-13)17-10-12(9-15)11-4-2-5-11/h3,6-8,11-12,15H,2,4-5,9-10H2,1H3.